The van der Waals surface area contributed by atoms with Crippen LogP contribution in [0.1, 0.15) is 0 Å². The van der Waals surface area contributed by atoms with Gasteiger partial charge in [0.15, 0.2) is 0 Å². The van der Waals surface area contributed by atoms with Crippen molar-refractivity contribution in [3.63, 3.8) is 0 Å². The summed E-state index contributed by atoms with van der Waals surface area (Å²) in [6.07, 6.45) is 8.37. The molecule has 4 nitrogen and oxygen atoms in total. The first-order chi connectivity index (χ1) is 7.11. The minimum absolute atomic E-state index is 0.0213. The van der Waals surface area contributed by atoms with Gasteiger partial charge in [-0.1, -0.05) is 12.2 Å². The smallest absolute Gasteiger partial charge is 0.348 e. The molecule has 0 heterocycles. The summed E-state index contributed by atoms with van der Waals surface area (Å²) in [6.45, 7) is 0. The second-order valence-corrected chi connectivity index (χ2v) is 2.87. The maximum absolute atomic E-state index is 10.9. The van der Waals surface area contributed by atoms with E-state index in [1.54, 1.807) is 24.3 Å². The number of carbonyl (C=O) groups is 1. The third-order valence-corrected chi connectivity index (χ3v) is 1.40. The molecule has 0 unspecified atom stereocenters. The summed E-state index contributed by atoms with van der Waals surface area (Å²) in [4.78, 5) is 12.8. The molecule has 0 radical (unpaired) electrons. The average molecular weight is 206 g/mol. The largest absolute Gasteiger partial charge is 0.465 e. The highest BCUT2D eigenvalue weighted by Gasteiger charge is 2.05. The fraction of sp³-hybridized carbons (Fsp3) is 0.273. The van der Waals surface area contributed by atoms with Gasteiger partial charge in [0.05, 0.1) is 7.11 Å². The molecule has 0 amide bonds. The molecular weight excluding hydrogens is 192 g/mol. The van der Waals surface area contributed by atoms with Gasteiger partial charge in [0.25, 0.3) is 0 Å². The van der Waals surface area contributed by atoms with Crippen molar-refractivity contribution in [1.29, 1.82) is 5.26 Å². The first kappa shape index (κ1) is 13.0. The van der Waals surface area contributed by atoms with Crippen LogP contribution in [0, 0.1) is 11.3 Å². The molecule has 0 aromatic carbocycles. The number of rotatable bonds is 4. The van der Waals surface area contributed by atoms with Crippen LogP contribution in [0.25, 0.3) is 0 Å². The van der Waals surface area contributed by atoms with Gasteiger partial charge in [0.1, 0.15) is 11.6 Å². The number of carbonyl (C=O) groups excluding carboxylic acids is 1. The zero-order valence-corrected chi connectivity index (χ0v) is 9.10. The first-order valence-electron chi connectivity index (χ1n) is 4.31. The predicted octanol–water partition coefficient (Wildman–Crippen LogP) is 1.24. The number of nitrogens with zero attached hydrogens (tertiary/aromatic N) is 2. The van der Waals surface area contributed by atoms with Crippen LogP contribution in [0.5, 0.6) is 0 Å². The zero-order chi connectivity index (χ0) is 11.7. The zero-order valence-electron chi connectivity index (χ0n) is 9.10. The molecule has 0 N–H and O–H groups in total. The second-order valence-electron chi connectivity index (χ2n) is 2.87. The summed E-state index contributed by atoms with van der Waals surface area (Å²) >= 11 is 0. The summed E-state index contributed by atoms with van der Waals surface area (Å²) in [5, 5.41) is 8.59. The Morgan fingerprint density at radius 2 is 2.00 bits per heavy atom. The van der Waals surface area contributed by atoms with Crippen LogP contribution in [-0.2, 0) is 9.53 Å². The van der Waals surface area contributed by atoms with Crippen molar-refractivity contribution in [2.45, 2.75) is 0 Å². The number of ether oxygens (including phenoxy) is 1. The Kier molecular flexibility index (Phi) is 6.39. The van der Waals surface area contributed by atoms with Crippen molar-refractivity contribution >= 4 is 5.97 Å². The molecule has 0 saturated carbocycles. The van der Waals surface area contributed by atoms with E-state index in [-0.39, 0.29) is 5.57 Å². The lowest BCUT2D eigenvalue weighted by Crippen LogP contribution is -2.02. The molecule has 0 bridgehead atoms. The van der Waals surface area contributed by atoms with Gasteiger partial charge in [-0.2, -0.15) is 5.26 Å². The third kappa shape index (κ3) is 6.11. The van der Waals surface area contributed by atoms with Crippen LogP contribution in [0.15, 0.2) is 36.1 Å². The first-order valence-corrected chi connectivity index (χ1v) is 4.31. The molecule has 80 valence electrons. The fourth-order valence-corrected chi connectivity index (χ4v) is 0.699. The normalized spacial score (nSPS) is 11.7. The van der Waals surface area contributed by atoms with Crippen LogP contribution < -0.4 is 0 Å². The van der Waals surface area contributed by atoms with Crippen molar-refractivity contribution < 1.29 is 9.53 Å². The molecule has 15 heavy (non-hydrogen) atoms. The molecule has 0 aliphatic heterocycles. The standard InChI is InChI=1S/C11H14N2O2/c1-13(2)8-6-4-5-7-10(9-12)11(14)15-3/h4-8H,1-3H3/b5-4+,8-6-,10-7+. The van der Waals surface area contributed by atoms with Crippen molar-refractivity contribution in [3.8, 4) is 6.07 Å². The van der Waals surface area contributed by atoms with Gasteiger partial charge in [0, 0.05) is 14.1 Å². The number of nitriles is 1. The second kappa shape index (κ2) is 7.39. The lowest BCUT2D eigenvalue weighted by Gasteiger charge is -2.00. The van der Waals surface area contributed by atoms with Crippen LogP contribution in [0.4, 0.5) is 0 Å². The topological polar surface area (TPSA) is 53.3 Å². The Morgan fingerprint density at radius 3 is 2.47 bits per heavy atom. The highest BCUT2D eigenvalue weighted by atomic mass is 16.5. The number of allylic oxidation sites excluding steroid dienone is 4. The van der Waals surface area contributed by atoms with Gasteiger partial charge in [0.2, 0.25) is 0 Å². The SMILES string of the molecule is COC(=O)/C(C#N)=C/C=C/C=C\N(C)C. The summed E-state index contributed by atoms with van der Waals surface area (Å²) in [6, 6.07) is 1.75. The lowest BCUT2D eigenvalue weighted by atomic mass is 10.2. The maximum Gasteiger partial charge on any atom is 0.348 e. The quantitative estimate of drug-likeness (QED) is 0.300. The molecular formula is C11H14N2O2. The molecule has 0 rings (SSSR count). The number of hydrogen-bond acceptors (Lipinski definition) is 4. The van der Waals surface area contributed by atoms with Crippen LogP contribution >= 0.6 is 0 Å². The number of esters is 1. The Hall–Kier alpha value is -2.02. The molecule has 0 aromatic rings. The molecule has 0 aliphatic rings. The summed E-state index contributed by atoms with van der Waals surface area (Å²) in [5.41, 5.74) is -0.0213. The van der Waals surface area contributed by atoms with E-state index >= 15 is 0 Å². The maximum atomic E-state index is 10.9. The van der Waals surface area contributed by atoms with Crippen molar-refractivity contribution in [2.24, 2.45) is 0 Å². The number of methoxy groups -OCH3 is 1. The lowest BCUT2D eigenvalue weighted by molar-refractivity contribution is -0.135. The van der Waals surface area contributed by atoms with E-state index < -0.39 is 5.97 Å². The monoisotopic (exact) mass is 206 g/mol. The van der Waals surface area contributed by atoms with Gasteiger partial charge in [-0.25, -0.2) is 4.79 Å². The molecule has 0 aromatic heterocycles. The number of hydrogen-bond donors (Lipinski definition) is 0. The van der Waals surface area contributed by atoms with Crippen molar-refractivity contribution in [3.05, 3.63) is 36.1 Å². The Balaban J connectivity index is 4.37. The van der Waals surface area contributed by atoms with Crippen molar-refractivity contribution in [1.82, 2.24) is 4.90 Å². The highest BCUT2D eigenvalue weighted by Crippen LogP contribution is 1.96. The van der Waals surface area contributed by atoms with E-state index in [0.29, 0.717) is 0 Å². The van der Waals surface area contributed by atoms with Crippen LogP contribution in [-0.4, -0.2) is 32.1 Å². The van der Waals surface area contributed by atoms with E-state index in [2.05, 4.69) is 4.74 Å². The molecule has 0 atom stereocenters. The van der Waals surface area contributed by atoms with Crippen molar-refractivity contribution in [2.75, 3.05) is 21.2 Å². The minimum Gasteiger partial charge on any atom is -0.465 e. The summed E-state index contributed by atoms with van der Waals surface area (Å²) < 4.78 is 4.41. The van der Waals surface area contributed by atoms with E-state index in [1.807, 2.05) is 25.2 Å². The highest BCUT2D eigenvalue weighted by molar-refractivity contribution is 5.92. The minimum atomic E-state index is -0.626. The Bertz CT molecular complexity index is 333. The van der Waals surface area contributed by atoms with Crippen LogP contribution in [0.3, 0.4) is 0 Å². The summed E-state index contributed by atoms with van der Waals surface area (Å²) in [5.74, 6) is -0.626. The van der Waals surface area contributed by atoms with Gasteiger partial charge in [-0.3, -0.25) is 0 Å². The van der Waals surface area contributed by atoms with Gasteiger partial charge >= 0.3 is 5.97 Å². The van der Waals surface area contributed by atoms with E-state index in [9.17, 15) is 4.79 Å². The third-order valence-electron chi connectivity index (χ3n) is 1.40. The van der Waals surface area contributed by atoms with E-state index in [0.717, 1.165) is 0 Å². The van der Waals surface area contributed by atoms with Gasteiger partial charge in [-0.15, -0.1) is 0 Å². The average Bonchev–Trinajstić information content (AvgIpc) is 2.22. The summed E-state index contributed by atoms with van der Waals surface area (Å²) in [7, 11) is 5.04. The Labute approximate surface area is 89.7 Å². The molecule has 0 aliphatic carbocycles. The van der Waals surface area contributed by atoms with Gasteiger partial charge < -0.3 is 9.64 Å². The molecule has 0 saturated heterocycles. The fourth-order valence-electron chi connectivity index (χ4n) is 0.699. The van der Waals surface area contributed by atoms with E-state index in [4.69, 9.17) is 5.26 Å². The molecule has 4 heteroatoms. The molecule has 0 fully saturated rings. The van der Waals surface area contributed by atoms with Gasteiger partial charge in [-0.05, 0) is 18.4 Å². The van der Waals surface area contributed by atoms with Crippen LogP contribution in [0.2, 0.25) is 0 Å². The molecule has 0 spiro atoms. The van der Waals surface area contributed by atoms with E-state index in [1.165, 1.54) is 13.2 Å². The Morgan fingerprint density at radius 1 is 1.33 bits per heavy atom. The predicted molar refractivity (Wildman–Crippen MR) is 57.7 cm³/mol.